The lowest BCUT2D eigenvalue weighted by atomic mass is 9.96. The van der Waals surface area contributed by atoms with Crippen molar-refractivity contribution in [3.05, 3.63) is 152 Å². The summed E-state index contributed by atoms with van der Waals surface area (Å²) < 4.78 is 4.68. The smallest absolute Gasteiger partial charge is 0.0880 e. The number of hydrogen-bond donors (Lipinski definition) is 2. The van der Waals surface area contributed by atoms with E-state index in [1.807, 2.05) is 0 Å². The largest absolute Gasteiger partial charge is 0.354 e. The van der Waals surface area contributed by atoms with Gasteiger partial charge in [-0.3, -0.25) is 9.78 Å². The predicted octanol–water partition coefficient (Wildman–Crippen LogP) is 10.7. The van der Waals surface area contributed by atoms with Gasteiger partial charge in [-0.05, 0) is 48.2 Å². The SMILES string of the molecule is C1=CCC(n2c3ccccc3c3ccc(Nc4c(-c5ccccc5-n5[nH]c6ccccc65)ccc5ccccc45)cc32)C=C1. The van der Waals surface area contributed by atoms with Crippen LogP contribution in [0.25, 0.3) is 60.4 Å². The van der Waals surface area contributed by atoms with Crippen LogP contribution < -0.4 is 5.32 Å². The van der Waals surface area contributed by atoms with E-state index in [4.69, 9.17) is 0 Å². The average Bonchev–Trinajstić information content (AvgIpc) is 3.40. The number of nitrogens with zero attached hydrogens (tertiary/aromatic N) is 2. The minimum Gasteiger partial charge on any atom is -0.354 e. The predicted molar refractivity (Wildman–Crippen MR) is 185 cm³/mol. The Labute approximate surface area is 255 Å². The van der Waals surface area contributed by atoms with Crippen LogP contribution in [-0.2, 0) is 0 Å². The van der Waals surface area contributed by atoms with E-state index in [2.05, 4.69) is 171 Å². The monoisotopic (exact) mass is 566 g/mol. The van der Waals surface area contributed by atoms with Gasteiger partial charge in [0, 0.05) is 38.5 Å². The molecule has 1 atom stereocenters. The summed E-state index contributed by atoms with van der Waals surface area (Å²) in [4.78, 5) is 0. The Bertz CT molecular complexity index is 2410. The topological polar surface area (TPSA) is 37.7 Å². The molecule has 0 aliphatic heterocycles. The van der Waals surface area contributed by atoms with E-state index < -0.39 is 0 Å². The minimum atomic E-state index is 0.282. The first kappa shape index (κ1) is 24.8. The van der Waals surface area contributed by atoms with Crippen LogP contribution in [0, 0.1) is 0 Å². The van der Waals surface area contributed by atoms with Crippen LogP contribution >= 0.6 is 0 Å². The van der Waals surface area contributed by atoms with Gasteiger partial charge >= 0.3 is 0 Å². The van der Waals surface area contributed by atoms with E-state index >= 15 is 0 Å². The van der Waals surface area contributed by atoms with Gasteiger partial charge in [0.05, 0.1) is 34.0 Å². The van der Waals surface area contributed by atoms with E-state index in [1.165, 1.54) is 38.1 Å². The average molecular weight is 567 g/mol. The summed E-state index contributed by atoms with van der Waals surface area (Å²) in [5, 5.41) is 12.4. The van der Waals surface area contributed by atoms with Crippen molar-refractivity contribution >= 4 is 55.0 Å². The van der Waals surface area contributed by atoms with Crippen molar-refractivity contribution < 1.29 is 0 Å². The summed E-state index contributed by atoms with van der Waals surface area (Å²) in [5.41, 5.74) is 10.5. The molecule has 1 unspecified atom stereocenters. The van der Waals surface area contributed by atoms with Crippen LogP contribution in [0.15, 0.2) is 152 Å². The molecule has 0 radical (unpaired) electrons. The number of anilines is 2. The van der Waals surface area contributed by atoms with Gasteiger partial charge in [0.15, 0.2) is 0 Å². The van der Waals surface area contributed by atoms with Crippen molar-refractivity contribution in [3.8, 4) is 16.8 Å². The third kappa shape index (κ3) is 3.85. The summed E-state index contributed by atoms with van der Waals surface area (Å²) in [5.74, 6) is 0. The molecule has 0 bridgehead atoms. The molecule has 0 saturated heterocycles. The fraction of sp³-hybridized carbons (Fsp3) is 0.0500. The maximum absolute atomic E-state index is 3.92. The molecule has 1 aliphatic rings. The van der Waals surface area contributed by atoms with Gasteiger partial charge in [-0.1, -0.05) is 115 Å². The lowest BCUT2D eigenvalue weighted by molar-refractivity contribution is 0.648. The lowest BCUT2D eigenvalue weighted by Gasteiger charge is -2.22. The fourth-order valence-electron chi connectivity index (χ4n) is 6.95. The molecule has 210 valence electrons. The van der Waals surface area contributed by atoms with Crippen molar-refractivity contribution in [2.24, 2.45) is 0 Å². The summed E-state index contributed by atoms with van der Waals surface area (Å²) >= 11 is 0. The summed E-state index contributed by atoms with van der Waals surface area (Å²) in [6.07, 6.45) is 9.87. The number of fused-ring (bicyclic) bond motifs is 5. The Balaban J connectivity index is 1.23. The van der Waals surface area contributed by atoms with Gasteiger partial charge in [-0.25, -0.2) is 0 Å². The van der Waals surface area contributed by atoms with Gasteiger partial charge in [0.25, 0.3) is 0 Å². The fourth-order valence-corrected chi connectivity index (χ4v) is 6.95. The molecule has 8 aromatic rings. The first-order chi connectivity index (χ1) is 21.8. The third-order valence-corrected chi connectivity index (χ3v) is 9.01. The lowest BCUT2D eigenvalue weighted by Crippen LogP contribution is -2.09. The zero-order valence-electron chi connectivity index (χ0n) is 24.1. The highest BCUT2D eigenvalue weighted by molar-refractivity contribution is 6.10. The van der Waals surface area contributed by atoms with Crippen molar-refractivity contribution in [2.45, 2.75) is 12.5 Å². The van der Waals surface area contributed by atoms with E-state index in [0.29, 0.717) is 0 Å². The normalized spacial score (nSPS) is 14.8. The zero-order chi connectivity index (χ0) is 29.0. The molecule has 4 nitrogen and oxygen atoms in total. The zero-order valence-corrected chi connectivity index (χ0v) is 24.1. The summed E-state index contributed by atoms with van der Waals surface area (Å²) in [6, 6.07) is 46.1. The van der Waals surface area contributed by atoms with E-state index in [-0.39, 0.29) is 6.04 Å². The first-order valence-electron chi connectivity index (χ1n) is 15.2. The second-order valence-corrected chi connectivity index (χ2v) is 11.6. The number of H-pyrrole nitrogens is 1. The van der Waals surface area contributed by atoms with Crippen molar-refractivity contribution in [2.75, 3.05) is 5.32 Å². The van der Waals surface area contributed by atoms with Crippen LogP contribution in [0.4, 0.5) is 11.4 Å². The molecule has 1 aliphatic carbocycles. The Morgan fingerprint density at radius 3 is 2.27 bits per heavy atom. The molecule has 2 heterocycles. The highest BCUT2D eigenvalue weighted by atomic mass is 15.3. The van der Waals surface area contributed by atoms with E-state index in [9.17, 15) is 0 Å². The van der Waals surface area contributed by atoms with Crippen LogP contribution in [0.5, 0.6) is 0 Å². The van der Waals surface area contributed by atoms with Crippen molar-refractivity contribution in [1.82, 2.24) is 14.3 Å². The Hall–Kier alpha value is -5.74. The molecule has 9 rings (SSSR count). The minimum absolute atomic E-state index is 0.282. The molecule has 2 aromatic heterocycles. The second kappa shape index (κ2) is 9.92. The van der Waals surface area contributed by atoms with E-state index in [1.54, 1.807) is 0 Å². The highest BCUT2D eigenvalue weighted by Crippen LogP contribution is 2.41. The van der Waals surface area contributed by atoms with Gasteiger partial charge in [-0.15, -0.1) is 0 Å². The maximum atomic E-state index is 3.92. The quantitative estimate of drug-likeness (QED) is 0.214. The molecule has 4 heteroatoms. The van der Waals surface area contributed by atoms with Crippen LogP contribution in [0.2, 0.25) is 0 Å². The number of allylic oxidation sites excluding steroid dienone is 4. The molecule has 0 fully saturated rings. The van der Waals surface area contributed by atoms with Crippen LogP contribution in [-0.4, -0.2) is 14.3 Å². The number of aromatic nitrogens is 3. The number of hydrogen-bond acceptors (Lipinski definition) is 1. The second-order valence-electron chi connectivity index (χ2n) is 11.6. The number of para-hydroxylation sites is 4. The third-order valence-electron chi connectivity index (χ3n) is 9.01. The number of benzene rings is 6. The number of rotatable bonds is 5. The Morgan fingerprint density at radius 2 is 1.39 bits per heavy atom. The molecular weight excluding hydrogens is 536 g/mol. The molecule has 0 saturated carbocycles. The molecule has 6 aromatic carbocycles. The van der Waals surface area contributed by atoms with Gasteiger partial charge in [0.2, 0.25) is 0 Å². The highest BCUT2D eigenvalue weighted by Gasteiger charge is 2.19. The van der Waals surface area contributed by atoms with Crippen LogP contribution in [0.1, 0.15) is 12.5 Å². The molecule has 44 heavy (non-hydrogen) atoms. The number of nitrogens with one attached hydrogen (secondary N) is 2. The van der Waals surface area contributed by atoms with Crippen molar-refractivity contribution in [1.29, 1.82) is 0 Å². The molecule has 0 amide bonds. The van der Waals surface area contributed by atoms with E-state index in [0.717, 1.165) is 40.1 Å². The van der Waals surface area contributed by atoms with Gasteiger partial charge in [-0.2, -0.15) is 0 Å². The molecule has 2 N–H and O–H groups in total. The Kier molecular flexibility index (Phi) is 5.60. The summed E-state index contributed by atoms with van der Waals surface area (Å²) in [7, 11) is 0. The van der Waals surface area contributed by atoms with Gasteiger partial charge < -0.3 is 9.88 Å². The van der Waals surface area contributed by atoms with Crippen LogP contribution in [0.3, 0.4) is 0 Å². The van der Waals surface area contributed by atoms with Crippen molar-refractivity contribution in [3.63, 3.8) is 0 Å². The molecular formula is C40H30N4. The maximum Gasteiger partial charge on any atom is 0.0880 e. The number of aromatic amines is 1. The Morgan fingerprint density at radius 1 is 0.614 bits per heavy atom. The first-order valence-corrected chi connectivity index (χ1v) is 15.2. The standard InChI is InChI=1S/C40H30N4/c1-2-13-29(14-3-1)43-36-19-9-6-16-31(36)33-25-23-28(26-39(33)43)41-40-30-15-5-4-12-27(30)22-24-34(40)32-17-7-10-20-37(32)44-38-21-11-8-18-35(38)42-44/h1-13,15-26,29,41-42H,14H2. The molecule has 0 spiro atoms. The van der Waals surface area contributed by atoms with Gasteiger partial charge in [0.1, 0.15) is 0 Å². The summed E-state index contributed by atoms with van der Waals surface area (Å²) in [6.45, 7) is 0.